The van der Waals surface area contributed by atoms with Gasteiger partial charge in [-0.15, -0.1) is 0 Å². The Morgan fingerprint density at radius 2 is 1.20 bits per heavy atom. The van der Waals surface area contributed by atoms with Crippen LogP contribution in [0, 0.1) is 25.2 Å². The summed E-state index contributed by atoms with van der Waals surface area (Å²) in [6.07, 6.45) is 6.64. The zero-order valence-corrected chi connectivity index (χ0v) is 51.8. The van der Waals surface area contributed by atoms with E-state index < -0.39 is 89.7 Å². The number of esters is 1. The summed E-state index contributed by atoms with van der Waals surface area (Å²) >= 11 is 0. The Morgan fingerprint density at radius 3 is 1.73 bits per heavy atom. The molecule has 0 saturated heterocycles. The number of hydrogen-bond acceptors (Lipinski definition) is 15. The van der Waals surface area contributed by atoms with Gasteiger partial charge in [-0.25, -0.2) is 23.5 Å². The van der Waals surface area contributed by atoms with E-state index in [1.807, 2.05) is 31.2 Å². The predicted molar refractivity (Wildman–Crippen MR) is 339 cm³/mol. The lowest BCUT2D eigenvalue weighted by Gasteiger charge is -2.28. The normalized spacial score (nSPS) is 13.7. The number of carbonyl (C=O) groups excluding carboxylic acids is 5. The second-order valence-corrected chi connectivity index (χ2v) is 25.6. The van der Waals surface area contributed by atoms with Crippen molar-refractivity contribution in [3.8, 4) is 22.3 Å². The minimum atomic E-state index is -4.38. The molecule has 1 aliphatic carbocycles. The number of pyridine rings is 2. The summed E-state index contributed by atoms with van der Waals surface area (Å²) in [4.78, 5) is 159. The number of hydrogen-bond donors (Lipinski definition) is 7. The van der Waals surface area contributed by atoms with E-state index >= 15 is 0 Å². The zero-order chi connectivity index (χ0) is 65.6. The second kappa shape index (κ2) is 25.1. The highest BCUT2D eigenvalue weighted by Gasteiger charge is 2.40. The largest absolute Gasteiger partial charge is 0.570 e. The van der Waals surface area contributed by atoms with Gasteiger partial charge in [0.25, 0.3) is 22.9 Å². The number of Topliss-reactive ketones (excluding diaryl/α,β-unsaturated/α-hetero) is 1. The number of nitrogens with one attached hydrogen (secondary N) is 4. The molecule has 9 aromatic rings. The van der Waals surface area contributed by atoms with E-state index in [2.05, 4.69) is 20.6 Å². The van der Waals surface area contributed by atoms with Gasteiger partial charge in [-0.2, -0.15) is 18.8 Å². The number of ether oxygens (including phenoxy) is 1. The van der Waals surface area contributed by atoms with E-state index in [0.29, 0.717) is 49.3 Å². The molecule has 7 N–H and O–H groups in total. The van der Waals surface area contributed by atoms with Gasteiger partial charge in [-0.3, -0.25) is 33.6 Å². The molecule has 1 aliphatic rings. The number of benzene rings is 3. The third-order valence-corrected chi connectivity index (χ3v) is 16.6. The number of rotatable bonds is 20. The number of ketones is 2. The first kappa shape index (κ1) is 64.0. The van der Waals surface area contributed by atoms with Crippen LogP contribution < -0.4 is 33.1 Å². The van der Waals surface area contributed by atoms with Crippen molar-refractivity contribution in [1.82, 2.24) is 38.5 Å². The summed E-state index contributed by atoms with van der Waals surface area (Å²) in [5, 5.41) is 15.3. The average molecular weight is 1260 g/mol. The van der Waals surface area contributed by atoms with Gasteiger partial charge in [0.15, 0.2) is 5.78 Å². The van der Waals surface area contributed by atoms with Gasteiger partial charge < -0.3 is 39.2 Å². The highest BCUT2D eigenvalue weighted by Crippen LogP contribution is 2.52. The number of H-pyrrole nitrogens is 2. The van der Waals surface area contributed by atoms with Gasteiger partial charge in [-0.05, 0) is 123 Å². The molecule has 470 valence electrons. The van der Waals surface area contributed by atoms with Gasteiger partial charge in [0, 0.05) is 71.3 Å². The first-order valence-corrected chi connectivity index (χ1v) is 30.5. The molecule has 3 aromatic carbocycles. The Balaban J connectivity index is 0.712. The summed E-state index contributed by atoms with van der Waals surface area (Å²) in [5.41, 5.74) is 2.40. The molecule has 0 aliphatic heterocycles. The van der Waals surface area contributed by atoms with E-state index in [9.17, 15) is 62.8 Å². The lowest BCUT2D eigenvalue weighted by Crippen LogP contribution is -2.45. The minimum absolute atomic E-state index is 0.0299. The van der Waals surface area contributed by atoms with E-state index in [1.165, 1.54) is 24.3 Å². The first-order valence-electron chi connectivity index (χ1n) is 29.0. The molecule has 6 heterocycles. The number of fused-ring (bicyclic) bond motifs is 4. The first-order chi connectivity index (χ1) is 43.0. The van der Waals surface area contributed by atoms with E-state index in [1.54, 1.807) is 136 Å². The highest BCUT2D eigenvalue weighted by molar-refractivity contribution is 7.54. The van der Waals surface area contributed by atoms with Gasteiger partial charge in [-0.1, -0.05) is 75.4 Å². The number of carboxylic acids is 1. The quantitative estimate of drug-likeness (QED) is 0.0172. The number of allylic oxidation sites excluding steroid dienone is 1. The standard InChI is InChI=1S/C66H65N8O16P/c1-36-51(48-13-9-11-29-71(48)53(36)55(76)42-23-25-44-46(33-42)69-63(84)73(60(44)80)35-50(75)90-66(6,7)8)38-15-19-40(20-16-38)58(78)67-27-31-88-91(86,87)89-32-28-68-59(79)41-21-17-39(18-22-41)52-37(2)54(72-30-12-10-14-49(52)72)56(77)43-24-26-45-47(34-43)70-64(85)74(61(45)81)57(62(82)83)65(3,4)5/h9-26,29-30,34,42,57,86-87H,27-28,31-33,35H2,1-8H3,(H4-,67,68,69,70,78,79,80,81,82,83,84,85)/p+1. The molecule has 2 atom stereocenters. The molecule has 0 spiro atoms. The van der Waals surface area contributed by atoms with Crippen LogP contribution in [0.25, 0.3) is 50.3 Å². The average Bonchev–Trinajstić information content (AvgIpc) is 1.71. The van der Waals surface area contributed by atoms with Crippen molar-refractivity contribution >= 4 is 71.5 Å². The fraction of sp³-hybridized carbons (Fsp3) is 0.273. The number of amides is 2. The summed E-state index contributed by atoms with van der Waals surface area (Å²) in [6.45, 7) is 11.9. The summed E-state index contributed by atoms with van der Waals surface area (Å²) in [6, 6.07) is 27.0. The lowest BCUT2D eigenvalue weighted by atomic mass is 9.86. The van der Waals surface area contributed by atoms with Gasteiger partial charge in [0.2, 0.25) is 5.78 Å². The van der Waals surface area contributed by atoms with E-state index in [0.717, 1.165) is 15.6 Å². The van der Waals surface area contributed by atoms with Gasteiger partial charge >= 0.3 is 31.5 Å². The monoisotopic (exact) mass is 1260 g/mol. The fourth-order valence-corrected chi connectivity index (χ4v) is 12.3. The van der Waals surface area contributed by atoms with Crippen molar-refractivity contribution in [1.29, 1.82) is 0 Å². The fourth-order valence-electron chi connectivity index (χ4n) is 11.5. The Hall–Kier alpha value is -9.97. The maximum Gasteiger partial charge on any atom is 0.570 e. The van der Waals surface area contributed by atoms with Crippen molar-refractivity contribution in [3.63, 3.8) is 0 Å². The third-order valence-electron chi connectivity index (χ3n) is 15.6. The van der Waals surface area contributed by atoms with Crippen LogP contribution in [0.4, 0.5) is 0 Å². The number of nitrogens with zero attached hydrogens (tertiary/aromatic N) is 4. The van der Waals surface area contributed by atoms with Gasteiger partial charge in [0.05, 0.1) is 38.9 Å². The molecular weight excluding hydrogens is 1190 g/mol. The Morgan fingerprint density at radius 1 is 0.670 bits per heavy atom. The van der Waals surface area contributed by atoms with Crippen LogP contribution in [0.15, 0.2) is 141 Å². The summed E-state index contributed by atoms with van der Waals surface area (Å²) in [5.74, 6) is -4.49. The molecule has 0 radical (unpaired) electrons. The van der Waals surface area contributed by atoms with Crippen LogP contribution in [-0.4, -0.2) is 110 Å². The summed E-state index contributed by atoms with van der Waals surface area (Å²) in [7, 11) is -4.38. The molecule has 0 saturated carbocycles. The number of aliphatic carboxylic acids is 1. The molecular formula is C66H66N8O16P+. The van der Waals surface area contributed by atoms with Crippen LogP contribution in [-0.2, 0) is 36.3 Å². The van der Waals surface area contributed by atoms with Crippen molar-refractivity contribution in [2.45, 2.75) is 80.0 Å². The van der Waals surface area contributed by atoms with Crippen molar-refractivity contribution < 1.29 is 57.4 Å². The van der Waals surface area contributed by atoms with Crippen molar-refractivity contribution in [3.05, 3.63) is 214 Å². The van der Waals surface area contributed by atoms with Crippen molar-refractivity contribution in [2.75, 3.05) is 26.3 Å². The SMILES string of the molecule is Cc1c(-c2ccc(C(=O)NCCO[P+](O)(O)OCCNC(=O)c3ccc(-c4c(C)c(C(=O)C5C=Cc6c([nH]c(=O)n(CC(=O)OC(C)(C)C)c6=O)C5)n5ccccc45)cc3)cc2)c2ccccn2c1C(=O)c1ccc2c(=O)n(C(C(=O)O)C(C)(C)C)c(=O)[nH]c2c1. The van der Waals surface area contributed by atoms with Gasteiger partial charge in [0.1, 0.15) is 31.4 Å². The van der Waals surface area contributed by atoms with Crippen LogP contribution in [0.5, 0.6) is 0 Å². The second-order valence-electron chi connectivity index (χ2n) is 24.1. The van der Waals surface area contributed by atoms with Crippen LogP contribution in [0.2, 0.25) is 0 Å². The summed E-state index contributed by atoms with van der Waals surface area (Å²) < 4.78 is 20.6. The molecule has 2 unspecified atom stereocenters. The van der Waals surface area contributed by atoms with Crippen LogP contribution in [0.3, 0.4) is 0 Å². The molecule has 24 nitrogen and oxygen atoms in total. The molecule has 0 fully saturated rings. The molecule has 6 aromatic heterocycles. The number of aromatic amines is 2. The Labute approximate surface area is 519 Å². The van der Waals surface area contributed by atoms with E-state index in [4.69, 9.17) is 13.8 Å². The number of carbonyl (C=O) groups is 6. The Bertz CT molecular complexity index is 4720. The number of carboxylic acid groups (broad SMARTS) is 1. The minimum Gasteiger partial charge on any atom is -0.480 e. The maximum atomic E-state index is 14.4. The molecule has 0 bridgehead atoms. The number of aromatic nitrogens is 6. The maximum absolute atomic E-state index is 14.4. The van der Waals surface area contributed by atoms with E-state index in [-0.39, 0.29) is 77.4 Å². The van der Waals surface area contributed by atoms with Crippen LogP contribution >= 0.6 is 8.17 Å². The topological polar surface area (TPSA) is 333 Å². The lowest BCUT2D eigenvalue weighted by molar-refractivity contribution is -0.155. The highest BCUT2D eigenvalue weighted by atomic mass is 31.2. The molecule has 2 amide bonds. The van der Waals surface area contributed by atoms with Crippen LogP contribution in [0.1, 0.15) is 117 Å². The van der Waals surface area contributed by atoms with Crippen molar-refractivity contribution in [2.24, 2.45) is 11.3 Å². The molecule has 10 rings (SSSR count). The molecule has 25 heteroatoms. The third kappa shape index (κ3) is 13.1. The Kier molecular flexibility index (Phi) is 17.7. The predicted octanol–water partition coefficient (Wildman–Crippen LogP) is 7.16. The smallest absolute Gasteiger partial charge is 0.480 e. The zero-order valence-electron chi connectivity index (χ0n) is 50.9. The molecule has 91 heavy (non-hydrogen) atoms.